The first-order chi connectivity index (χ1) is 12.9. The molecule has 1 aliphatic carbocycles. The number of amides is 1. The Morgan fingerprint density at radius 1 is 1.52 bits per heavy atom. The molecule has 1 aromatic carbocycles. The number of hydrogen-bond donors (Lipinski definition) is 2. The number of nitrogens with one attached hydrogen (secondary N) is 1. The van der Waals surface area contributed by atoms with Gasteiger partial charge in [0.2, 0.25) is 0 Å². The number of rotatable bonds is 3. The first-order valence-corrected chi connectivity index (χ1v) is 10.0. The topological polar surface area (TPSA) is 85.3 Å². The normalized spacial score (nSPS) is 24.4. The van der Waals surface area contributed by atoms with E-state index in [4.69, 9.17) is 17.3 Å². The van der Waals surface area contributed by atoms with Gasteiger partial charge in [0.05, 0.1) is 10.6 Å². The molecule has 1 fully saturated rings. The molecule has 6 nitrogen and oxygen atoms in total. The highest BCUT2D eigenvalue weighted by atomic mass is 35.5. The molecule has 3 N–H and O–H groups in total. The van der Waals surface area contributed by atoms with Crippen LogP contribution in [0.15, 0.2) is 29.4 Å². The van der Waals surface area contributed by atoms with Gasteiger partial charge in [0.1, 0.15) is 5.82 Å². The molecule has 0 unspecified atom stereocenters. The Bertz CT molecular complexity index is 946. The van der Waals surface area contributed by atoms with Crippen LogP contribution in [-0.2, 0) is 12.6 Å². The molecule has 1 amide bonds. The number of carbonyl (C=O) groups is 1. The van der Waals surface area contributed by atoms with Gasteiger partial charge in [0, 0.05) is 30.2 Å². The number of amidine groups is 1. The van der Waals surface area contributed by atoms with Crippen molar-refractivity contribution < 1.29 is 9.18 Å². The number of aliphatic imine (C=N–C) groups is 1. The van der Waals surface area contributed by atoms with E-state index in [1.807, 2.05) is 0 Å². The molecule has 0 spiro atoms. The van der Waals surface area contributed by atoms with Crippen LogP contribution in [0, 0.1) is 11.7 Å². The van der Waals surface area contributed by atoms with E-state index >= 15 is 0 Å². The molecule has 1 aliphatic heterocycles. The standard InChI is InChI=1S/C18H19ClFN5OS/c1-25-8-13(19)15(24-25)16(26)22-11-4-5-14(20)12(7-11)18-6-2-3-10(18)9-27-17(21)23-18/h4-5,7-8,10H,2-3,6,9H2,1H3,(H2,21,23)(H,22,26)/t10-,18-/m0/s1. The average Bonchev–Trinajstić information content (AvgIpc) is 3.19. The van der Waals surface area contributed by atoms with Gasteiger partial charge >= 0.3 is 0 Å². The van der Waals surface area contributed by atoms with Gasteiger partial charge in [-0.2, -0.15) is 5.10 Å². The van der Waals surface area contributed by atoms with Crippen LogP contribution >= 0.6 is 23.4 Å². The Morgan fingerprint density at radius 3 is 3.07 bits per heavy atom. The van der Waals surface area contributed by atoms with E-state index in [9.17, 15) is 9.18 Å². The van der Waals surface area contributed by atoms with Crippen LogP contribution in [-0.4, -0.2) is 26.6 Å². The van der Waals surface area contributed by atoms with E-state index in [0.717, 1.165) is 25.0 Å². The predicted molar refractivity (Wildman–Crippen MR) is 106 cm³/mol. The summed E-state index contributed by atoms with van der Waals surface area (Å²) in [5.74, 6) is 0.287. The van der Waals surface area contributed by atoms with Gasteiger partial charge < -0.3 is 11.1 Å². The summed E-state index contributed by atoms with van der Waals surface area (Å²) in [5.41, 5.74) is 6.41. The van der Waals surface area contributed by atoms with Crippen molar-refractivity contribution >= 4 is 40.1 Å². The average molecular weight is 408 g/mol. The molecular weight excluding hydrogens is 389 g/mol. The smallest absolute Gasteiger partial charge is 0.277 e. The summed E-state index contributed by atoms with van der Waals surface area (Å²) >= 11 is 7.55. The SMILES string of the molecule is Cn1cc(Cl)c(C(=O)Nc2ccc(F)c([C@]34CCC[C@H]3CSC(N)=N4)c2)n1. The number of nitrogens with two attached hydrogens (primary N) is 1. The molecule has 4 rings (SSSR count). The quantitative estimate of drug-likeness (QED) is 0.815. The minimum atomic E-state index is -0.650. The van der Waals surface area contributed by atoms with Crippen LogP contribution in [0.2, 0.25) is 5.02 Å². The summed E-state index contributed by atoms with van der Waals surface area (Å²) in [6.45, 7) is 0. The highest BCUT2D eigenvalue weighted by molar-refractivity contribution is 8.13. The van der Waals surface area contributed by atoms with E-state index in [1.165, 1.54) is 28.6 Å². The number of benzene rings is 1. The lowest BCUT2D eigenvalue weighted by atomic mass is 9.81. The Balaban J connectivity index is 1.69. The number of hydrogen-bond acceptors (Lipinski definition) is 5. The molecule has 2 aromatic rings. The largest absolute Gasteiger partial charge is 0.379 e. The molecule has 2 atom stereocenters. The molecule has 0 saturated heterocycles. The van der Waals surface area contributed by atoms with Crippen LogP contribution < -0.4 is 11.1 Å². The molecule has 1 saturated carbocycles. The van der Waals surface area contributed by atoms with Gasteiger partial charge in [-0.1, -0.05) is 29.8 Å². The summed E-state index contributed by atoms with van der Waals surface area (Å²) in [5, 5.41) is 7.56. The molecular formula is C18H19ClFN5OS. The lowest BCUT2D eigenvalue weighted by Crippen LogP contribution is -2.37. The summed E-state index contributed by atoms with van der Waals surface area (Å²) in [7, 11) is 1.68. The van der Waals surface area contributed by atoms with Gasteiger partial charge in [0.25, 0.3) is 5.91 Å². The third-order valence-electron chi connectivity index (χ3n) is 5.22. The second kappa shape index (κ2) is 6.83. The zero-order chi connectivity index (χ0) is 19.2. The van der Waals surface area contributed by atoms with Crippen molar-refractivity contribution in [1.29, 1.82) is 0 Å². The van der Waals surface area contributed by atoms with Gasteiger partial charge in [-0.25, -0.2) is 4.39 Å². The van der Waals surface area contributed by atoms with Crippen LogP contribution in [0.1, 0.15) is 35.3 Å². The fourth-order valence-corrected chi connectivity index (χ4v) is 5.30. The van der Waals surface area contributed by atoms with Crippen molar-refractivity contribution in [2.24, 2.45) is 23.7 Å². The lowest BCUT2D eigenvalue weighted by molar-refractivity contribution is 0.102. The minimum Gasteiger partial charge on any atom is -0.379 e. The summed E-state index contributed by atoms with van der Waals surface area (Å²) in [6, 6.07) is 4.55. The third kappa shape index (κ3) is 3.21. The third-order valence-corrected chi connectivity index (χ3v) is 6.45. The number of nitrogens with zero attached hydrogens (tertiary/aromatic N) is 3. The molecule has 0 bridgehead atoms. The number of carbonyl (C=O) groups excluding carboxylic acids is 1. The van der Waals surface area contributed by atoms with Crippen molar-refractivity contribution in [3.05, 3.63) is 46.5 Å². The number of aromatic nitrogens is 2. The Labute approximate surface area is 165 Å². The Kier molecular flexibility index (Phi) is 4.63. The monoisotopic (exact) mass is 407 g/mol. The maximum Gasteiger partial charge on any atom is 0.277 e. The van der Waals surface area contributed by atoms with Crippen LogP contribution in [0.25, 0.3) is 0 Å². The van der Waals surface area contributed by atoms with Crippen LogP contribution in [0.5, 0.6) is 0 Å². The Hall–Kier alpha value is -2.06. The number of halogens is 2. The zero-order valence-corrected chi connectivity index (χ0v) is 16.3. The van der Waals surface area contributed by atoms with Crippen molar-refractivity contribution in [2.45, 2.75) is 24.8 Å². The summed E-state index contributed by atoms with van der Waals surface area (Å²) in [4.78, 5) is 17.2. The second-order valence-corrected chi connectivity index (χ2v) is 8.37. The molecule has 2 heterocycles. The van der Waals surface area contributed by atoms with Crippen LogP contribution in [0.4, 0.5) is 10.1 Å². The minimum absolute atomic E-state index is 0.123. The molecule has 2 aliphatic rings. The highest BCUT2D eigenvalue weighted by Crippen LogP contribution is 2.51. The Morgan fingerprint density at radius 2 is 2.33 bits per heavy atom. The van der Waals surface area contributed by atoms with Crippen molar-refractivity contribution in [3.8, 4) is 0 Å². The van der Waals surface area contributed by atoms with Crippen molar-refractivity contribution in [3.63, 3.8) is 0 Å². The molecule has 0 radical (unpaired) electrons. The molecule has 9 heteroatoms. The van der Waals surface area contributed by atoms with Gasteiger partial charge in [-0.15, -0.1) is 0 Å². The maximum atomic E-state index is 14.8. The lowest BCUT2D eigenvalue weighted by Gasteiger charge is -2.36. The first-order valence-electron chi connectivity index (χ1n) is 8.68. The maximum absolute atomic E-state index is 14.8. The van der Waals surface area contributed by atoms with E-state index in [1.54, 1.807) is 19.3 Å². The predicted octanol–water partition coefficient (Wildman–Crippen LogP) is 3.52. The first kappa shape index (κ1) is 18.3. The van der Waals surface area contributed by atoms with Gasteiger partial charge in [-0.05, 0) is 37.0 Å². The van der Waals surface area contributed by atoms with Gasteiger partial charge in [0.15, 0.2) is 10.9 Å². The van der Waals surface area contributed by atoms with E-state index in [2.05, 4.69) is 15.4 Å². The number of aryl methyl sites for hydroxylation is 1. The molecule has 142 valence electrons. The summed E-state index contributed by atoms with van der Waals surface area (Å²) < 4.78 is 16.2. The van der Waals surface area contributed by atoms with Crippen molar-refractivity contribution in [1.82, 2.24) is 9.78 Å². The van der Waals surface area contributed by atoms with E-state index in [-0.39, 0.29) is 22.5 Å². The van der Waals surface area contributed by atoms with Gasteiger partial charge in [-0.3, -0.25) is 14.5 Å². The molecule has 27 heavy (non-hydrogen) atoms. The second-order valence-electron chi connectivity index (χ2n) is 6.92. The fourth-order valence-electron chi connectivity index (χ4n) is 4.00. The number of anilines is 1. The fraction of sp³-hybridized carbons (Fsp3) is 0.389. The number of thioether (sulfide) groups is 1. The summed E-state index contributed by atoms with van der Waals surface area (Å²) in [6.07, 6.45) is 4.26. The van der Waals surface area contributed by atoms with E-state index < -0.39 is 11.4 Å². The molecule has 1 aromatic heterocycles. The van der Waals surface area contributed by atoms with E-state index in [0.29, 0.717) is 16.4 Å². The van der Waals surface area contributed by atoms with Crippen LogP contribution in [0.3, 0.4) is 0 Å². The van der Waals surface area contributed by atoms with Crippen molar-refractivity contribution in [2.75, 3.05) is 11.1 Å². The highest BCUT2D eigenvalue weighted by Gasteiger charge is 2.48. The zero-order valence-electron chi connectivity index (χ0n) is 14.7. The number of fused-ring (bicyclic) bond motifs is 1.